The van der Waals surface area contributed by atoms with Crippen molar-refractivity contribution in [2.45, 2.75) is 24.7 Å². The molecule has 2 atom stereocenters. The average molecular weight is 532 g/mol. The summed E-state index contributed by atoms with van der Waals surface area (Å²) in [7, 11) is 0. The van der Waals surface area contributed by atoms with E-state index in [0.717, 1.165) is 22.7 Å². The Balaban J connectivity index is 1.37. The normalized spacial score (nSPS) is 18.3. The third-order valence-corrected chi connectivity index (χ3v) is 8.45. The number of benzene rings is 3. The number of anilines is 1. The van der Waals surface area contributed by atoms with E-state index in [4.69, 9.17) is 4.74 Å². The summed E-state index contributed by atoms with van der Waals surface area (Å²) in [4.78, 5) is 29.0. The summed E-state index contributed by atoms with van der Waals surface area (Å²) in [6.07, 6.45) is 1.13. The molecule has 6 nitrogen and oxygen atoms in total. The van der Waals surface area contributed by atoms with Crippen LogP contribution in [0.15, 0.2) is 119 Å². The molecule has 7 heteroatoms. The number of H-pyrrole nitrogens is 1. The van der Waals surface area contributed by atoms with Crippen molar-refractivity contribution in [3.63, 3.8) is 0 Å². The molecule has 3 aromatic carbocycles. The van der Waals surface area contributed by atoms with Crippen LogP contribution < -0.4 is 15.6 Å². The van der Waals surface area contributed by atoms with Crippen LogP contribution in [0.5, 0.6) is 11.5 Å². The number of Topliss-reactive ketones (excluding diaryl/α,β-unsaturated/α-hetero) is 1. The van der Waals surface area contributed by atoms with Crippen LogP contribution in [0.4, 0.5) is 5.82 Å². The molecule has 0 radical (unpaired) electrons. The van der Waals surface area contributed by atoms with E-state index < -0.39 is 5.92 Å². The Kier molecular flexibility index (Phi) is 5.78. The van der Waals surface area contributed by atoms with Crippen LogP contribution in [-0.2, 0) is 4.79 Å². The number of ether oxygens (including phenoxy) is 1. The van der Waals surface area contributed by atoms with E-state index in [1.165, 1.54) is 4.88 Å². The smallest absolute Gasteiger partial charge is 0.277 e. The number of allylic oxidation sites excluding steroid dienone is 2. The second kappa shape index (κ2) is 9.60. The number of nitrogens with one attached hydrogen (secondary N) is 2. The Morgan fingerprint density at radius 2 is 1.59 bits per heavy atom. The molecule has 2 aromatic heterocycles. The lowest BCUT2D eigenvalue weighted by molar-refractivity contribution is -0.116. The summed E-state index contributed by atoms with van der Waals surface area (Å²) < 4.78 is 7.68. The highest BCUT2D eigenvalue weighted by Crippen LogP contribution is 2.47. The maximum absolute atomic E-state index is 13.9. The van der Waals surface area contributed by atoms with Gasteiger partial charge in [0.05, 0.1) is 11.3 Å². The number of aromatic nitrogens is 2. The van der Waals surface area contributed by atoms with E-state index in [1.807, 2.05) is 91.0 Å². The first-order valence-corrected chi connectivity index (χ1v) is 13.8. The number of aromatic amines is 1. The number of carbonyl (C=O) groups is 1. The lowest BCUT2D eigenvalue weighted by Crippen LogP contribution is -2.31. The van der Waals surface area contributed by atoms with Crippen molar-refractivity contribution in [2.24, 2.45) is 0 Å². The monoisotopic (exact) mass is 531 g/mol. The summed E-state index contributed by atoms with van der Waals surface area (Å²) in [5.74, 6) is 1.67. The van der Waals surface area contributed by atoms with Crippen LogP contribution in [-0.4, -0.2) is 15.6 Å². The molecule has 39 heavy (non-hydrogen) atoms. The highest BCUT2D eigenvalue weighted by molar-refractivity contribution is 7.10. The third-order valence-electron chi connectivity index (χ3n) is 7.42. The predicted molar refractivity (Wildman–Crippen MR) is 153 cm³/mol. The molecule has 0 saturated carbocycles. The SMILES string of the molecule is O=C1C[C@@H](c2cccs2)CC2=C1[C@H](c1cccc(Oc3ccccc3)c1)c1c([nH]n(-c3ccccc3)c1=O)N2. The summed E-state index contributed by atoms with van der Waals surface area (Å²) >= 11 is 1.68. The van der Waals surface area contributed by atoms with Crippen LogP contribution in [0, 0.1) is 0 Å². The van der Waals surface area contributed by atoms with Crippen molar-refractivity contribution in [3.05, 3.63) is 140 Å². The first-order valence-electron chi connectivity index (χ1n) is 13.0. The molecule has 1 aliphatic heterocycles. The number of carbonyl (C=O) groups excluding carboxylic acids is 1. The fourth-order valence-corrected chi connectivity index (χ4v) is 6.52. The molecule has 2 N–H and O–H groups in total. The summed E-state index contributed by atoms with van der Waals surface area (Å²) in [6, 6.07) is 30.9. The van der Waals surface area contributed by atoms with E-state index in [-0.39, 0.29) is 17.3 Å². The summed E-state index contributed by atoms with van der Waals surface area (Å²) in [5, 5.41) is 8.80. The van der Waals surface area contributed by atoms with Crippen LogP contribution in [0.3, 0.4) is 0 Å². The predicted octanol–water partition coefficient (Wildman–Crippen LogP) is 6.98. The van der Waals surface area contributed by atoms with E-state index in [1.54, 1.807) is 16.0 Å². The van der Waals surface area contributed by atoms with Gasteiger partial charge in [-0.3, -0.25) is 14.7 Å². The minimum Gasteiger partial charge on any atom is -0.457 e. The van der Waals surface area contributed by atoms with Crippen molar-refractivity contribution >= 4 is 22.9 Å². The number of hydrogen-bond donors (Lipinski definition) is 2. The molecule has 5 aromatic rings. The Morgan fingerprint density at radius 3 is 2.36 bits per heavy atom. The van der Waals surface area contributed by atoms with Gasteiger partial charge in [0.15, 0.2) is 5.78 Å². The molecule has 0 unspecified atom stereocenters. The van der Waals surface area contributed by atoms with Crippen LogP contribution in [0.1, 0.15) is 40.7 Å². The van der Waals surface area contributed by atoms with Crippen molar-refractivity contribution < 1.29 is 9.53 Å². The van der Waals surface area contributed by atoms with Crippen molar-refractivity contribution in [1.82, 2.24) is 9.78 Å². The Labute approximate surface area is 229 Å². The number of ketones is 1. The van der Waals surface area contributed by atoms with Gasteiger partial charge in [-0.05, 0) is 59.8 Å². The van der Waals surface area contributed by atoms with Crippen LogP contribution in [0.25, 0.3) is 5.69 Å². The quantitative estimate of drug-likeness (QED) is 0.257. The molecule has 7 rings (SSSR count). The minimum absolute atomic E-state index is 0.0686. The van der Waals surface area contributed by atoms with Gasteiger partial charge in [-0.25, -0.2) is 4.68 Å². The van der Waals surface area contributed by atoms with Gasteiger partial charge in [-0.15, -0.1) is 11.3 Å². The number of nitrogens with zero attached hydrogens (tertiary/aromatic N) is 1. The molecule has 0 amide bonds. The number of fused-ring (bicyclic) bond motifs is 1. The van der Waals surface area contributed by atoms with Gasteiger partial charge in [0.1, 0.15) is 17.3 Å². The van der Waals surface area contributed by atoms with Crippen LogP contribution >= 0.6 is 11.3 Å². The molecule has 3 heterocycles. The second-order valence-corrected chi connectivity index (χ2v) is 10.8. The zero-order chi connectivity index (χ0) is 26.3. The Hall–Kier alpha value is -4.62. The third kappa shape index (κ3) is 4.21. The maximum atomic E-state index is 13.9. The molecule has 0 bridgehead atoms. The Morgan fingerprint density at radius 1 is 0.821 bits per heavy atom. The molecule has 0 saturated heterocycles. The molecule has 0 spiro atoms. The van der Waals surface area contributed by atoms with Gasteiger partial charge >= 0.3 is 0 Å². The van der Waals surface area contributed by atoms with E-state index in [2.05, 4.69) is 21.9 Å². The van der Waals surface area contributed by atoms with E-state index in [9.17, 15) is 9.59 Å². The number of thiophene rings is 1. The van der Waals surface area contributed by atoms with E-state index >= 15 is 0 Å². The molecule has 1 aliphatic carbocycles. The fraction of sp³-hybridized carbons (Fsp3) is 0.125. The minimum atomic E-state index is -0.513. The first kappa shape index (κ1) is 23.5. The fourth-order valence-electron chi connectivity index (χ4n) is 5.69. The maximum Gasteiger partial charge on any atom is 0.277 e. The average Bonchev–Trinajstić information content (AvgIpc) is 3.62. The Bertz CT molecular complexity index is 1750. The van der Waals surface area contributed by atoms with E-state index in [0.29, 0.717) is 35.5 Å². The van der Waals surface area contributed by atoms with Gasteiger partial charge in [0.2, 0.25) is 0 Å². The molecule has 192 valence electrons. The number of hydrogen-bond acceptors (Lipinski definition) is 5. The molecule has 0 fully saturated rings. The topological polar surface area (TPSA) is 76.1 Å². The van der Waals surface area contributed by atoms with Gasteiger partial charge in [-0.2, -0.15) is 0 Å². The van der Waals surface area contributed by atoms with Crippen molar-refractivity contribution in [1.29, 1.82) is 0 Å². The lowest BCUT2D eigenvalue weighted by atomic mass is 9.74. The standard InChI is InChI=1S/C32H25N3O3S/c36-26-19-21(27-15-8-16-39-27)18-25-29(26)28(20-9-7-14-24(17-20)38-23-12-5-2-6-13-23)30-31(33-25)34-35(32(30)37)22-10-3-1-4-11-22/h1-17,21,28,33-34H,18-19H2/t21-,28-/m0/s1. The van der Waals surface area contributed by atoms with Crippen LogP contribution in [0.2, 0.25) is 0 Å². The molecule has 2 aliphatic rings. The van der Waals surface area contributed by atoms with Gasteiger partial charge in [0.25, 0.3) is 5.56 Å². The van der Waals surface area contributed by atoms with Gasteiger partial charge < -0.3 is 10.1 Å². The van der Waals surface area contributed by atoms with Crippen molar-refractivity contribution in [3.8, 4) is 17.2 Å². The van der Waals surface area contributed by atoms with Gasteiger partial charge in [-0.1, -0.05) is 54.6 Å². The zero-order valence-electron chi connectivity index (χ0n) is 21.0. The van der Waals surface area contributed by atoms with Gasteiger partial charge in [0, 0.05) is 34.4 Å². The first-order chi connectivity index (χ1) is 19.2. The highest BCUT2D eigenvalue weighted by Gasteiger charge is 2.41. The summed E-state index contributed by atoms with van der Waals surface area (Å²) in [5.41, 5.74) is 3.49. The largest absolute Gasteiger partial charge is 0.457 e. The number of rotatable bonds is 5. The zero-order valence-corrected chi connectivity index (χ0v) is 21.8. The number of para-hydroxylation sites is 2. The molecular weight excluding hydrogens is 506 g/mol. The second-order valence-electron chi connectivity index (χ2n) is 9.86. The summed E-state index contributed by atoms with van der Waals surface area (Å²) in [6.45, 7) is 0. The molecular formula is C32H25N3O3S. The van der Waals surface area contributed by atoms with Crippen molar-refractivity contribution in [2.75, 3.05) is 5.32 Å². The highest BCUT2D eigenvalue weighted by atomic mass is 32.1. The lowest BCUT2D eigenvalue weighted by Gasteiger charge is -2.34.